The Hall–Kier alpha value is -2.20. The molecule has 2 aromatic heterocycles. The number of piperidine rings is 1. The molecule has 1 unspecified atom stereocenters. The first-order valence-corrected chi connectivity index (χ1v) is 15.1. The van der Waals surface area contributed by atoms with Crippen LogP contribution in [0.25, 0.3) is 10.2 Å². The maximum absolute atomic E-state index is 15.0. The fraction of sp³-hybridized carbons (Fsp3) is 0.536. The second kappa shape index (κ2) is 10.3. The number of likely N-dealkylation sites (tertiary alicyclic amines) is 1. The number of carboxylic acids is 1. The minimum Gasteiger partial charge on any atom is -0.481 e. The molecule has 1 saturated carbocycles. The minimum atomic E-state index is -0.670. The molecule has 11 heteroatoms. The lowest BCUT2D eigenvalue weighted by atomic mass is 9.65. The van der Waals surface area contributed by atoms with Crippen LogP contribution in [0.5, 0.6) is 0 Å². The van der Waals surface area contributed by atoms with Gasteiger partial charge in [-0.25, -0.2) is 9.37 Å². The van der Waals surface area contributed by atoms with Gasteiger partial charge in [0.15, 0.2) is 5.13 Å². The number of hydrogen-bond acceptors (Lipinski definition) is 7. The zero-order valence-corrected chi connectivity index (χ0v) is 24.3. The van der Waals surface area contributed by atoms with E-state index in [2.05, 4.69) is 20.1 Å². The van der Waals surface area contributed by atoms with Crippen LogP contribution in [0.2, 0.25) is 10.0 Å². The van der Waals surface area contributed by atoms with Crippen LogP contribution in [0.15, 0.2) is 24.4 Å². The molecule has 2 atom stereocenters. The van der Waals surface area contributed by atoms with Crippen LogP contribution in [-0.4, -0.2) is 58.2 Å². The van der Waals surface area contributed by atoms with E-state index in [0.29, 0.717) is 39.3 Å². The molecule has 1 aromatic carbocycles. The van der Waals surface area contributed by atoms with Crippen molar-refractivity contribution in [2.24, 2.45) is 17.3 Å². The number of halogens is 3. The standard InChI is InChI=1S/C28H32Cl2FN5O2S/c1-15(23-20(30)8-18(29)11-32-23)33-24-21(31)5-6-22-25(24)39-27(34-22)36-13-17(14-36)16-4-3-7-35(12-16)19-9-28(2,10-19)26(37)38/h5-6,8,11,15-17,19,33H,3-4,7,9-10,12-14H2,1-2H3,(H,37,38)/t15?,16-,19?,28?/m0/s1. The van der Waals surface area contributed by atoms with Crippen molar-refractivity contribution in [3.63, 3.8) is 0 Å². The molecule has 3 fully saturated rings. The second-order valence-corrected chi connectivity index (χ2v) is 13.5. The Morgan fingerprint density at radius 1 is 1.26 bits per heavy atom. The topological polar surface area (TPSA) is 81.6 Å². The number of nitrogens with one attached hydrogen (secondary N) is 1. The summed E-state index contributed by atoms with van der Waals surface area (Å²) in [5, 5.41) is 14.5. The monoisotopic (exact) mass is 591 g/mol. The van der Waals surface area contributed by atoms with Gasteiger partial charge in [0.2, 0.25) is 0 Å². The van der Waals surface area contributed by atoms with Crippen LogP contribution in [0.3, 0.4) is 0 Å². The Kier molecular flexibility index (Phi) is 7.15. The fourth-order valence-electron chi connectivity index (χ4n) is 6.39. The molecule has 1 aliphatic carbocycles. The molecule has 6 rings (SSSR count). The molecule has 2 saturated heterocycles. The number of aliphatic carboxylic acids is 1. The smallest absolute Gasteiger partial charge is 0.309 e. The summed E-state index contributed by atoms with van der Waals surface area (Å²) in [4.78, 5) is 25.5. The Balaban J connectivity index is 1.11. The van der Waals surface area contributed by atoms with Crippen LogP contribution in [0, 0.1) is 23.1 Å². The molecule has 208 valence electrons. The van der Waals surface area contributed by atoms with Crippen molar-refractivity contribution in [2.45, 2.75) is 51.6 Å². The molecular weight excluding hydrogens is 560 g/mol. The van der Waals surface area contributed by atoms with Gasteiger partial charge >= 0.3 is 5.97 Å². The third-order valence-electron chi connectivity index (χ3n) is 8.84. The first kappa shape index (κ1) is 27.0. The SMILES string of the molecule is CC(Nc1c(F)ccc2nc(N3CC([C@H]4CCCN(C5CC(C)(C(=O)O)C5)C4)C3)sc12)c1ncc(Cl)cc1Cl. The summed E-state index contributed by atoms with van der Waals surface area (Å²) < 4.78 is 15.8. The number of carboxylic acid groups (broad SMARTS) is 1. The van der Waals surface area contributed by atoms with E-state index in [-0.39, 0.29) is 11.9 Å². The lowest BCUT2D eigenvalue weighted by Crippen LogP contribution is -2.58. The van der Waals surface area contributed by atoms with Gasteiger partial charge in [-0.15, -0.1) is 0 Å². The molecular formula is C28H32Cl2FN5O2S. The zero-order chi connectivity index (χ0) is 27.5. The molecule has 0 amide bonds. The number of hydrogen-bond donors (Lipinski definition) is 2. The maximum Gasteiger partial charge on any atom is 0.309 e. The molecule has 7 nitrogen and oxygen atoms in total. The predicted molar refractivity (Wildman–Crippen MR) is 155 cm³/mol. The van der Waals surface area contributed by atoms with E-state index in [1.165, 1.54) is 36.4 Å². The van der Waals surface area contributed by atoms with Crippen LogP contribution in [0.1, 0.15) is 51.3 Å². The summed E-state index contributed by atoms with van der Waals surface area (Å²) in [6.07, 6.45) is 5.43. The van der Waals surface area contributed by atoms with Crippen molar-refractivity contribution in [1.82, 2.24) is 14.9 Å². The summed E-state index contributed by atoms with van der Waals surface area (Å²) in [5.41, 5.74) is 1.22. The fourth-order valence-corrected chi connectivity index (χ4v) is 8.02. The van der Waals surface area contributed by atoms with Crippen molar-refractivity contribution in [1.29, 1.82) is 0 Å². The highest BCUT2D eigenvalue weighted by molar-refractivity contribution is 7.22. The third kappa shape index (κ3) is 5.07. The molecule has 39 heavy (non-hydrogen) atoms. The van der Waals surface area contributed by atoms with Crippen LogP contribution in [0.4, 0.5) is 15.2 Å². The van der Waals surface area contributed by atoms with Crippen LogP contribution >= 0.6 is 34.5 Å². The number of nitrogens with zero attached hydrogens (tertiary/aromatic N) is 4. The summed E-state index contributed by atoms with van der Waals surface area (Å²) in [5.74, 6) is 0.204. The maximum atomic E-state index is 15.0. The Morgan fingerprint density at radius 2 is 2.03 bits per heavy atom. The molecule has 3 aromatic rings. The number of benzene rings is 1. The number of thiazole rings is 1. The molecule has 3 aliphatic rings. The molecule has 2 N–H and O–H groups in total. The highest BCUT2D eigenvalue weighted by Crippen LogP contribution is 2.46. The van der Waals surface area contributed by atoms with E-state index in [4.69, 9.17) is 28.2 Å². The average Bonchev–Trinajstić information content (AvgIpc) is 3.27. The van der Waals surface area contributed by atoms with E-state index in [1.54, 1.807) is 12.1 Å². The van der Waals surface area contributed by atoms with Crippen molar-refractivity contribution in [3.8, 4) is 0 Å². The highest BCUT2D eigenvalue weighted by atomic mass is 35.5. The van der Waals surface area contributed by atoms with Crippen molar-refractivity contribution in [2.75, 3.05) is 36.4 Å². The molecule has 0 bridgehead atoms. The Labute approximate surface area is 241 Å². The number of fused-ring (bicyclic) bond motifs is 1. The van der Waals surface area contributed by atoms with E-state index in [1.807, 2.05) is 13.8 Å². The van der Waals surface area contributed by atoms with E-state index in [0.717, 1.165) is 54.4 Å². The minimum absolute atomic E-state index is 0.327. The molecule has 0 spiro atoms. The van der Waals surface area contributed by atoms with Crippen molar-refractivity contribution in [3.05, 3.63) is 46.0 Å². The molecule has 2 aliphatic heterocycles. The summed E-state index contributed by atoms with van der Waals surface area (Å²) >= 11 is 13.8. The first-order valence-electron chi connectivity index (χ1n) is 13.5. The average molecular weight is 593 g/mol. The third-order valence-corrected chi connectivity index (χ3v) is 10.5. The second-order valence-electron chi connectivity index (χ2n) is 11.6. The van der Waals surface area contributed by atoms with Gasteiger partial charge in [-0.1, -0.05) is 34.5 Å². The Bertz CT molecular complexity index is 1410. The quantitative estimate of drug-likeness (QED) is 0.316. The highest BCUT2D eigenvalue weighted by Gasteiger charge is 2.49. The van der Waals surface area contributed by atoms with Gasteiger partial charge in [-0.2, -0.15) is 0 Å². The van der Waals surface area contributed by atoms with Gasteiger partial charge in [0, 0.05) is 31.9 Å². The number of carbonyl (C=O) groups is 1. The summed E-state index contributed by atoms with van der Waals surface area (Å²) in [6.45, 7) is 7.77. The lowest BCUT2D eigenvalue weighted by Gasteiger charge is -2.52. The van der Waals surface area contributed by atoms with Gasteiger partial charge in [0.1, 0.15) is 5.82 Å². The van der Waals surface area contributed by atoms with Gasteiger partial charge in [-0.05, 0) is 76.1 Å². The van der Waals surface area contributed by atoms with Crippen molar-refractivity contribution >= 4 is 61.5 Å². The van der Waals surface area contributed by atoms with Gasteiger partial charge in [0.05, 0.1) is 43.1 Å². The number of anilines is 2. The number of pyridine rings is 1. The number of rotatable bonds is 7. The van der Waals surface area contributed by atoms with Crippen LogP contribution < -0.4 is 10.2 Å². The van der Waals surface area contributed by atoms with Crippen LogP contribution in [-0.2, 0) is 4.79 Å². The summed E-state index contributed by atoms with van der Waals surface area (Å²) in [7, 11) is 0. The normalized spacial score (nSPS) is 26.7. The van der Waals surface area contributed by atoms with E-state index < -0.39 is 11.4 Å². The zero-order valence-electron chi connectivity index (χ0n) is 22.0. The van der Waals surface area contributed by atoms with E-state index in [9.17, 15) is 14.3 Å². The molecule has 0 radical (unpaired) electrons. The largest absolute Gasteiger partial charge is 0.481 e. The predicted octanol–water partition coefficient (Wildman–Crippen LogP) is 6.71. The Morgan fingerprint density at radius 3 is 2.74 bits per heavy atom. The van der Waals surface area contributed by atoms with Gasteiger partial charge < -0.3 is 20.2 Å². The van der Waals surface area contributed by atoms with E-state index >= 15 is 0 Å². The van der Waals surface area contributed by atoms with Gasteiger partial charge in [-0.3, -0.25) is 9.78 Å². The molecule has 4 heterocycles. The summed E-state index contributed by atoms with van der Waals surface area (Å²) in [6, 6.07) is 4.88. The van der Waals surface area contributed by atoms with Gasteiger partial charge in [0.25, 0.3) is 0 Å². The number of aromatic nitrogens is 2. The van der Waals surface area contributed by atoms with Crippen molar-refractivity contribution < 1.29 is 14.3 Å². The first-order chi connectivity index (χ1) is 18.6. The lowest BCUT2D eigenvalue weighted by molar-refractivity contribution is -0.158.